The van der Waals surface area contributed by atoms with E-state index in [2.05, 4.69) is 5.16 Å². The van der Waals surface area contributed by atoms with Crippen LogP contribution in [-0.4, -0.2) is 28.1 Å². The van der Waals surface area contributed by atoms with Crippen LogP contribution in [0.3, 0.4) is 0 Å². The number of hydrogen-bond acceptors (Lipinski definition) is 4. The summed E-state index contributed by atoms with van der Waals surface area (Å²) in [4.78, 5) is 11.1. The molecule has 0 saturated heterocycles. The molecule has 2 rings (SSSR count). The molecule has 24 heavy (non-hydrogen) atoms. The maximum absolute atomic E-state index is 11.1. The van der Waals surface area contributed by atoms with Crippen molar-refractivity contribution in [3.05, 3.63) is 29.3 Å². The highest BCUT2D eigenvalue weighted by atomic mass is 16.5. The molecule has 0 heterocycles. The minimum absolute atomic E-state index is 0.404. The summed E-state index contributed by atoms with van der Waals surface area (Å²) in [5, 5.41) is 22.0. The van der Waals surface area contributed by atoms with Crippen molar-refractivity contribution in [3.8, 4) is 5.75 Å². The molecule has 1 atom stereocenters. The fourth-order valence-electron chi connectivity index (χ4n) is 3.30. The summed E-state index contributed by atoms with van der Waals surface area (Å²) in [5.41, 5.74) is 2.41. The molecule has 2 N–H and O–H groups in total. The SMILES string of the molecule is CCC(Oc1ccc(C(CC2CCCCC2)=NO)cc1C)C(=O)O. The summed E-state index contributed by atoms with van der Waals surface area (Å²) in [6, 6.07) is 5.51. The highest BCUT2D eigenvalue weighted by Crippen LogP contribution is 2.29. The topological polar surface area (TPSA) is 79.1 Å². The van der Waals surface area contributed by atoms with Gasteiger partial charge in [0.05, 0.1) is 5.71 Å². The van der Waals surface area contributed by atoms with Crippen LogP contribution in [0.5, 0.6) is 5.75 Å². The van der Waals surface area contributed by atoms with Gasteiger partial charge in [-0.05, 0) is 55.0 Å². The van der Waals surface area contributed by atoms with E-state index in [1.807, 2.05) is 19.1 Å². The Morgan fingerprint density at radius 1 is 1.33 bits per heavy atom. The number of ether oxygens (including phenoxy) is 1. The predicted octanol–water partition coefficient (Wildman–Crippen LogP) is 4.39. The zero-order valence-electron chi connectivity index (χ0n) is 14.5. The number of aliphatic carboxylic acids is 1. The summed E-state index contributed by atoms with van der Waals surface area (Å²) in [7, 11) is 0. The quantitative estimate of drug-likeness (QED) is 0.441. The van der Waals surface area contributed by atoms with Gasteiger partial charge in [-0.15, -0.1) is 0 Å². The Labute approximate surface area is 143 Å². The largest absolute Gasteiger partial charge is 0.479 e. The van der Waals surface area contributed by atoms with Crippen molar-refractivity contribution in [2.24, 2.45) is 11.1 Å². The van der Waals surface area contributed by atoms with Crippen molar-refractivity contribution in [2.75, 3.05) is 0 Å². The molecular formula is C19H27NO4. The molecule has 0 radical (unpaired) electrons. The minimum atomic E-state index is -0.962. The van der Waals surface area contributed by atoms with Gasteiger partial charge < -0.3 is 15.1 Å². The first kappa shape index (κ1) is 18.3. The first-order valence-corrected chi connectivity index (χ1v) is 8.76. The number of oxime groups is 1. The average molecular weight is 333 g/mol. The monoisotopic (exact) mass is 333 g/mol. The molecule has 0 amide bonds. The predicted molar refractivity (Wildman–Crippen MR) is 93.0 cm³/mol. The smallest absolute Gasteiger partial charge is 0.344 e. The van der Waals surface area contributed by atoms with Gasteiger partial charge >= 0.3 is 5.97 Å². The second-order valence-electron chi connectivity index (χ2n) is 6.59. The Bertz CT molecular complexity index is 591. The molecule has 1 aromatic carbocycles. The van der Waals surface area contributed by atoms with Gasteiger partial charge in [-0.1, -0.05) is 44.2 Å². The first-order chi connectivity index (χ1) is 11.5. The molecule has 0 spiro atoms. The van der Waals surface area contributed by atoms with Crippen molar-refractivity contribution >= 4 is 11.7 Å². The van der Waals surface area contributed by atoms with Gasteiger partial charge in [0.2, 0.25) is 0 Å². The van der Waals surface area contributed by atoms with Crippen LogP contribution in [0.15, 0.2) is 23.4 Å². The zero-order valence-corrected chi connectivity index (χ0v) is 14.5. The second-order valence-corrected chi connectivity index (χ2v) is 6.59. The van der Waals surface area contributed by atoms with Crippen molar-refractivity contribution in [3.63, 3.8) is 0 Å². The molecule has 132 valence electrons. The van der Waals surface area contributed by atoms with E-state index in [0.717, 1.165) is 17.5 Å². The van der Waals surface area contributed by atoms with Crippen LogP contribution in [0.1, 0.15) is 63.0 Å². The standard InChI is InChI=1S/C19H27NO4/c1-3-17(19(21)22)24-18-10-9-15(11-13(18)2)16(20-23)12-14-7-5-4-6-8-14/h9-11,14,17,23H,3-8,12H2,1-2H3,(H,21,22). The van der Waals surface area contributed by atoms with Crippen molar-refractivity contribution < 1.29 is 19.8 Å². The maximum atomic E-state index is 11.1. The van der Waals surface area contributed by atoms with E-state index in [4.69, 9.17) is 9.84 Å². The number of nitrogens with zero attached hydrogens (tertiary/aromatic N) is 1. The van der Waals surface area contributed by atoms with E-state index in [9.17, 15) is 10.0 Å². The molecule has 5 heteroatoms. The van der Waals surface area contributed by atoms with E-state index in [1.54, 1.807) is 13.0 Å². The summed E-state index contributed by atoms with van der Waals surface area (Å²) >= 11 is 0. The Morgan fingerprint density at radius 3 is 2.58 bits per heavy atom. The lowest BCUT2D eigenvalue weighted by Crippen LogP contribution is -2.26. The molecule has 5 nitrogen and oxygen atoms in total. The maximum Gasteiger partial charge on any atom is 0.344 e. The Balaban J connectivity index is 2.10. The lowest BCUT2D eigenvalue weighted by Gasteiger charge is -2.22. The molecule has 1 aliphatic carbocycles. The fraction of sp³-hybridized carbons (Fsp3) is 0.579. The van der Waals surface area contributed by atoms with Gasteiger partial charge in [-0.3, -0.25) is 0 Å². The van der Waals surface area contributed by atoms with Crippen molar-refractivity contribution in [1.82, 2.24) is 0 Å². The highest BCUT2D eigenvalue weighted by Gasteiger charge is 2.20. The first-order valence-electron chi connectivity index (χ1n) is 8.76. The van der Waals surface area contributed by atoms with Crippen LogP contribution >= 0.6 is 0 Å². The van der Waals surface area contributed by atoms with E-state index >= 15 is 0 Å². The van der Waals surface area contributed by atoms with Gasteiger partial charge in [0.1, 0.15) is 5.75 Å². The minimum Gasteiger partial charge on any atom is -0.479 e. The lowest BCUT2D eigenvalue weighted by molar-refractivity contribution is -0.145. The number of aryl methyl sites for hydroxylation is 1. The highest BCUT2D eigenvalue weighted by molar-refractivity contribution is 6.00. The molecule has 1 saturated carbocycles. The molecule has 0 aliphatic heterocycles. The number of carboxylic acid groups (broad SMARTS) is 1. The van der Waals surface area contributed by atoms with Crippen LogP contribution in [0.4, 0.5) is 0 Å². The third kappa shape index (κ3) is 4.73. The Morgan fingerprint density at radius 2 is 2.04 bits per heavy atom. The molecular weight excluding hydrogens is 306 g/mol. The Hall–Kier alpha value is -2.04. The number of carboxylic acids is 1. The number of carbonyl (C=O) groups is 1. The van der Waals surface area contributed by atoms with Crippen molar-refractivity contribution in [2.45, 2.75) is 64.9 Å². The van der Waals surface area contributed by atoms with Crippen LogP contribution < -0.4 is 4.74 Å². The van der Waals surface area contributed by atoms with Crippen LogP contribution in [0.2, 0.25) is 0 Å². The second kappa shape index (κ2) is 8.71. The molecule has 1 aliphatic rings. The van der Waals surface area contributed by atoms with Gasteiger partial charge in [-0.25, -0.2) is 4.79 Å². The van der Waals surface area contributed by atoms with Crippen LogP contribution in [0, 0.1) is 12.8 Å². The molecule has 1 fully saturated rings. The summed E-state index contributed by atoms with van der Waals surface area (Å²) in [5.74, 6) is 0.177. The molecule has 0 bridgehead atoms. The van der Waals surface area contributed by atoms with Gasteiger partial charge in [-0.2, -0.15) is 0 Å². The molecule has 1 aromatic rings. The summed E-state index contributed by atoms with van der Waals surface area (Å²) < 4.78 is 5.57. The zero-order chi connectivity index (χ0) is 17.5. The van der Waals surface area contributed by atoms with E-state index in [1.165, 1.54) is 32.1 Å². The van der Waals surface area contributed by atoms with Crippen LogP contribution in [0.25, 0.3) is 0 Å². The average Bonchev–Trinajstić information content (AvgIpc) is 2.59. The number of hydrogen-bond donors (Lipinski definition) is 2. The number of benzene rings is 1. The Kier molecular flexibility index (Phi) is 6.64. The third-order valence-corrected chi connectivity index (χ3v) is 4.75. The summed E-state index contributed by atoms with van der Waals surface area (Å²) in [6.07, 6.45) is 6.53. The van der Waals surface area contributed by atoms with Gasteiger partial charge in [0.15, 0.2) is 6.10 Å². The van der Waals surface area contributed by atoms with Gasteiger partial charge in [0, 0.05) is 0 Å². The van der Waals surface area contributed by atoms with Crippen LogP contribution in [-0.2, 0) is 4.79 Å². The van der Waals surface area contributed by atoms with E-state index in [-0.39, 0.29) is 0 Å². The number of rotatable bonds is 7. The third-order valence-electron chi connectivity index (χ3n) is 4.75. The fourth-order valence-corrected chi connectivity index (χ4v) is 3.30. The summed E-state index contributed by atoms with van der Waals surface area (Å²) in [6.45, 7) is 3.66. The lowest BCUT2D eigenvalue weighted by atomic mass is 9.84. The molecule has 1 unspecified atom stereocenters. The normalized spacial score (nSPS) is 17.5. The van der Waals surface area contributed by atoms with E-state index < -0.39 is 12.1 Å². The molecule has 0 aromatic heterocycles. The van der Waals surface area contributed by atoms with Crippen molar-refractivity contribution in [1.29, 1.82) is 0 Å². The van der Waals surface area contributed by atoms with E-state index in [0.29, 0.717) is 23.8 Å². The van der Waals surface area contributed by atoms with Gasteiger partial charge in [0.25, 0.3) is 0 Å².